The molecule has 0 saturated heterocycles. The molecule has 0 aliphatic rings. The summed E-state index contributed by atoms with van der Waals surface area (Å²) < 4.78 is 7.21. The predicted octanol–water partition coefficient (Wildman–Crippen LogP) is 1.72. The van der Waals surface area contributed by atoms with Gasteiger partial charge in [0, 0.05) is 24.8 Å². The molecule has 2 aromatic heterocycles. The highest BCUT2D eigenvalue weighted by atomic mass is 16.5. The Bertz CT molecular complexity index is 564. The first-order chi connectivity index (χ1) is 9.11. The Balaban J connectivity index is 2.07. The van der Waals surface area contributed by atoms with Crippen molar-refractivity contribution in [3.05, 3.63) is 29.6 Å². The number of nitrogen functional groups attached to an aromatic ring is 1. The summed E-state index contributed by atoms with van der Waals surface area (Å²) in [6.07, 6.45) is 1.85. The van der Waals surface area contributed by atoms with Gasteiger partial charge in [0.15, 0.2) is 0 Å². The third-order valence-electron chi connectivity index (χ3n) is 2.97. The van der Waals surface area contributed by atoms with E-state index in [9.17, 15) is 0 Å². The second-order valence-corrected chi connectivity index (χ2v) is 4.26. The van der Waals surface area contributed by atoms with Crippen LogP contribution < -0.4 is 15.8 Å². The van der Waals surface area contributed by atoms with Crippen LogP contribution in [0.5, 0.6) is 5.88 Å². The van der Waals surface area contributed by atoms with Crippen LogP contribution in [0.4, 0.5) is 11.5 Å². The van der Waals surface area contributed by atoms with E-state index in [4.69, 9.17) is 10.5 Å². The number of aryl methyl sites for hydroxylation is 1. The molecule has 19 heavy (non-hydrogen) atoms. The zero-order valence-corrected chi connectivity index (χ0v) is 11.5. The van der Waals surface area contributed by atoms with Crippen LogP contribution in [0.3, 0.4) is 0 Å². The summed E-state index contributed by atoms with van der Waals surface area (Å²) in [6.45, 7) is 5.15. The molecular formula is C13H19N5O. The highest BCUT2D eigenvalue weighted by Gasteiger charge is 2.06. The molecule has 0 amide bonds. The average molecular weight is 261 g/mol. The lowest BCUT2D eigenvalue weighted by molar-refractivity contribution is 0.329. The highest BCUT2D eigenvalue weighted by Crippen LogP contribution is 2.21. The number of hydrogen-bond acceptors (Lipinski definition) is 5. The van der Waals surface area contributed by atoms with Gasteiger partial charge in [-0.3, -0.25) is 4.68 Å². The molecule has 102 valence electrons. The maximum Gasteiger partial charge on any atom is 0.239 e. The molecule has 0 saturated carbocycles. The van der Waals surface area contributed by atoms with Gasteiger partial charge in [-0.15, -0.1) is 0 Å². The number of hydrogen-bond donors (Lipinski definition) is 2. The minimum atomic E-state index is 0.468. The summed E-state index contributed by atoms with van der Waals surface area (Å²) in [7, 11) is 1.92. The van der Waals surface area contributed by atoms with Crippen molar-refractivity contribution in [2.45, 2.75) is 20.4 Å². The van der Waals surface area contributed by atoms with Crippen LogP contribution in [0.2, 0.25) is 0 Å². The normalized spacial score (nSPS) is 10.5. The van der Waals surface area contributed by atoms with Crippen molar-refractivity contribution in [3.8, 4) is 5.88 Å². The number of anilines is 2. The van der Waals surface area contributed by atoms with E-state index in [-0.39, 0.29) is 0 Å². The summed E-state index contributed by atoms with van der Waals surface area (Å²) in [5.41, 5.74) is 8.60. The lowest BCUT2D eigenvalue weighted by atomic mass is 10.2. The average Bonchev–Trinajstić information content (AvgIpc) is 2.71. The quantitative estimate of drug-likeness (QED) is 0.856. The molecule has 2 rings (SSSR count). The zero-order valence-electron chi connectivity index (χ0n) is 11.5. The first kappa shape index (κ1) is 13.2. The summed E-state index contributed by atoms with van der Waals surface area (Å²) in [6, 6.07) is 3.62. The van der Waals surface area contributed by atoms with Crippen molar-refractivity contribution in [2.75, 3.05) is 17.7 Å². The maximum atomic E-state index is 5.78. The summed E-state index contributed by atoms with van der Waals surface area (Å²) in [5.74, 6) is 1.20. The van der Waals surface area contributed by atoms with Crippen molar-refractivity contribution in [2.24, 2.45) is 7.05 Å². The van der Waals surface area contributed by atoms with E-state index in [1.165, 1.54) is 0 Å². The smallest absolute Gasteiger partial charge is 0.239 e. The topological polar surface area (TPSA) is 78.0 Å². The summed E-state index contributed by atoms with van der Waals surface area (Å²) >= 11 is 0. The molecule has 3 N–H and O–H groups in total. The molecule has 0 aliphatic carbocycles. The molecule has 0 unspecified atom stereocenters. The third-order valence-corrected chi connectivity index (χ3v) is 2.97. The number of pyridine rings is 1. The maximum absolute atomic E-state index is 5.78. The van der Waals surface area contributed by atoms with Crippen LogP contribution in [0.1, 0.15) is 18.2 Å². The summed E-state index contributed by atoms with van der Waals surface area (Å²) in [4.78, 5) is 4.33. The lowest BCUT2D eigenvalue weighted by Crippen LogP contribution is -2.05. The van der Waals surface area contributed by atoms with E-state index < -0.39 is 0 Å². The van der Waals surface area contributed by atoms with Gasteiger partial charge in [0.1, 0.15) is 5.82 Å². The summed E-state index contributed by atoms with van der Waals surface area (Å²) in [5, 5.41) is 7.44. The van der Waals surface area contributed by atoms with Crippen LogP contribution in [-0.4, -0.2) is 21.4 Å². The number of ether oxygens (including phenoxy) is 1. The van der Waals surface area contributed by atoms with E-state index in [2.05, 4.69) is 15.4 Å². The second kappa shape index (κ2) is 5.60. The Kier molecular flexibility index (Phi) is 3.89. The zero-order chi connectivity index (χ0) is 13.8. The lowest BCUT2D eigenvalue weighted by Gasteiger charge is -2.09. The molecule has 0 spiro atoms. The van der Waals surface area contributed by atoms with Crippen LogP contribution in [0.25, 0.3) is 0 Å². The van der Waals surface area contributed by atoms with Crippen LogP contribution >= 0.6 is 0 Å². The molecule has 0 aromatic carbocycles. The van der Waals surface area contributed by atoms with Crippen molar-refractivity contribution in [3.63, 3.8) is 0 Å². The molecule has 0 atom stereocenters. The molecular weight excluding hydrogens is 242 g/mol. The molecule has 0 radical (unpaired) electrons. The van der Waals surface area contributed by atoms with Gasteiger partial charge < -0.3 is 15.8 Å². The molecule has 0 bridgehead atoms. The Morgan fingerprint density at radius 3 is 2.84 bits per heavy atom. The van der Waals surface area contributed by atoms with Gasteiger partial charge in [-0.05, 0) is 26.0 Å². The fourth-order valence-electron chi connectivity index (χ4n) is 1.71. The minimum Gasteiger partial charge on any atom is -0.476 e. The number of aromatic nitrogens is 3. The molecule has 2 aromatic rings. The minimum absolute atomic E-state index is 0.468. The van der Waals surface area contributed by atoms with E-state index >= 15 is 0 Å². The standard InChI is InChI=1S/C13H19N5O/c1-4-19-13-11(14)5-6-12(17-13)15-7-10-8-16-18(3)9(10)2/h5-6,8H,4,7,14H2,1-3H3,(H,15,17). The Morgan fingerprint density at radius 1 is 1.42 bits per heavy atom. The van der Waals surface area contributed by atoms with E-state index in [0.29, 0.717) is 24.7 Å². The Labute approximate surface area is 112 Å². The first-order valence-electron chi connectivity index (χ1n) is 6.22. The van der Waals surface area contributed by atoms with E-state index in [1.807, 2.05) is 37.8 Å². The third kappa shape index (κ3) is 2.96. The number of nitrogens with one attached hydrogen (secondary N) is 1. The molecule has 0 aliphatic heterocycles. The first-order valence-corrected chi connectivity index (χ1v) is 6.22. The van der Waals surface area contributed by atoms with Gasteiger partial charge in [-0.2, -0.15) is 10.1 Å². The predicted molar refractivity (Wildman–Crippen MR) is 75.1 cm³/mol. The van der Waals surface area contributed by atoms with Crippen LogP contribution in [0, 0.1) is 6.92 Å². The molecule has 6 heteroatoms. The van der Waals surface area contributed by atoms with Crippen LogP contribution in [-0.2, 0) is 13.6 Å². The fourth-order valence-corrected chi connectivity index (χ4v) is 1.71. The number of nitrogens with zero attached hydrogens (tertiary/aromatic N) is 3. The SMILES string of the molecule is CCOc1nc(NCc2cnn(C)c2C)ccc1N. The fraction of sp³-hybridized carbons (Fsp3) is 0.385. The second-order valence-electron chi connectivity index (χ2n) is 4.26. The van der Waals surface area contributed by atoms with E-state index in [1.54, 1.807) is 6.07 Å². The van der Waals surface area contributed by atoms with Crippen molar-refractivity contribution >= 4 is 11.5 Å². The van der Waals surface area contributed by atoms with Crippen molar-refractivity contribution < 1.29 is 4.74 Å². The molecule has 2 heterocycles. The van der Waals surface area contributed by atoms with E-state index in [0.717, 1.165) is 17.1 Å². The van der Waals surface area contributed by atoms with Gasteiger partial charge in [0.2, 0.25) is 5.88 Å². The van der Waals surface area contributed by atoms with Gasteiger partial charge in [-0.25, -0.2) is 0 Å². The van der Waals surface area contributed by atoms with Crippen molar-refractivity contribution in [1.29, 1.82) is 0 Å². The van der Waals surface area contributed by atoms with Gasteiger partial charge in [0.05, 0.1) is 18.5 Å². The number of rotatable bonds is 5. The van der Waals surface area contributed by atoms with Gasteiger partial charge >= 0.3 is 0 Å². The van der Waals surface area contributed by atoms with Gasteiger partial charge in [-0.1, -0.05) is 0 Å². The largest absolute Gasteiger partial charge is 0.476 e. The van der Waals surface area contributed by atoms with Crippen LogP contribution in [0.15, 0.2) is 18.3 Å². The number of nitrogens with two attached hydrogens (primary N) is 1. The Hall–Kier alpha value is -2.24. The van der Waals surface area contributed by atoms with Crippen molar-refractivity contribution in [1.82, 2.24) is 14.8 Å². The monoisotopic (exact) mass is 261 g/mol. The highest BCUT2D eigenvalue weighted by molar-refractivity contribution is 5.53. The Morgan fingerprint density at radius 2 is 2.21 bits per heavy atom. The van der Waals surface area contributed by atoms with Gasteiger partial charge in [0.25, 0.3) is 0 Å². The molecule has 6 nitrogen and oxygen atoms in total. The molecule has 0 fully saturated rings.